The van der Waals surface area contributed by atoms with E-state index in [2.05, 4.69) is 32.5 Å². The highest BCUT2D eigenvalue weighted by Crippen LogP contribution is 2.49. The third kappa shape index (κ3) is 1.80. The molecule has 0 radical (unpaired) electrons. The minimum absolute atomic E-state index is 0.440. The van der Waals surface area contributed by atoms with Crippen LogP contribution in [0.2, 0.25) is 0 Å². The van der Waals surface area contributed by atoms with Crippen LogP contribution in [0, 0.1) is 5.92 Å². The van der Waals surface area contributed by atoms with E-state index in [1.807, 2.05) is 0 Å². The summed E-state index contributed by atoms with van der Waals surface area (Å²) in [5, 5.41) is 0.774. The molecule has 3 atom stereocenters. The maximum absolute atomic E-state index is 5.84. The molecule has 2 N–H and O–H groups in total. The van der Waals surface area contributed by atoms with Gasteiger partial charge in [-0.25, -0.2) is 0 Å². The van der Waals surface area contributed by atoms with Gasteiger partial charge in [0.05, 0.1) is 0 Å². The van der Waals surface area contributed by atoms with Crippen molar-refractivity contribution < 1.29 is 0 Å². The summed E-state index contributed by atoms with van der Waals surface area (Å²) in [7, 11) is 0. The predicted octanol–water partition coefficient (Wildman–Crippen LogP) is 2.65. The Morgan fingerprint density at radius 2 is 2.33 bits per heavy atom. The average Bonchev–Trinajstić information content (AvgIpc) is 2.11. The molecule has 0 aromatic rings. The molecule has 1 nitrogen and oxygen atoms in total. The highest BCUT2D eigenvalue weighted by atomic mass is 32.2. The van der Waals surface area contributed by atoms with E-state index in [0.29, 0.717) is 4.75 Å². The molecule has 12 heavy (non-hydrogen) atoms. The summed E-state index contributed by atoms with van der Waals surface area (Å²) in [4.78, 5) is 0. The lowest BCUT2D eigenvalue weighted by Gasteiger charge is -2.48. The van der Waals surface area contributed by atoms with Crippen molar-refractivity contribution in [1.29, 1.82) is 0 Å². The van der Waals surface area contributed by atoms with Crippen molar-refractivity contribution in [3.8, 4) is 0 Å². The van der Waals surface area contributed by atoms with Gasteiger partial charge in [0.15, 0.2) is 0 Å². The van der Waals surface area contributed by atoms with Crippen molar-refractivity contribution in [2.45, 2.75) is 50.0 Å². The van der Waals surface area contributed by atoms with E-state index in [1.54, 1.807) is 0 Å². The van der Waals surface area contributed by atoms with Crippen LogP contribution in [0.25, 0.3) is 0 Å². The Kier molecular flexibility index (Phi) is 3.47. The van der Waals surface area contributed by atoms with E-state index in [1.165, 1.54) is 19.3 Å². The van der Waals surface area contributed by atoms with Crippen LogP contribution in [0.5, 0.6) is 0 Å². The monoisotopic (exact) mass is 187 g/mol. The fourth-order valence-corrected chi connectivity index (χ4v) is 3.42. The zero-order valence-corrected chi connectivity index (χ0v) is 9.29. The normalized spacial score (nSPS) is 37.5. The van der Waals surface area contributed by atoms with Gasteiger partial charge in [-0.1, -0.05) is 20.8 Å². The lowest BCUT2D eigenvalue weighted by molar-refractivity contribution is 0.244. The Labute approximate surface area is 80.5 Å². The van der Waals surface area contributed by atoms with Crippen molar-refractivity contribution in [3.63, 3.8) is 0 Å². The molecule has 0 saturated heterocycles. The van der Waals surface area contributed by atoms with Crippen molar-refractivity contribution in [2.24, 2.45) is 11.7 Å². The largest absolute Gasteiger partial charge is 0.329 e. The van der Waals surface area contributed by atoms with Crippen LogP contribution in [0.1, 0.15) is 40.0 Å². The van der Waals surface area contributed by atoms with Crippen LogP contribution in [0.4, 0.5) is 0 Å². The first-order chi connectivity index (χ1) is 5.64. The Bertz CT molecular complexity index is 145. The quantitative estimate of drug-likeness (QED) is 0.732. The second kappa shape index (κ2) is 4.01. The third-order valence-corrected chi connectivity index (χ3v) is 5.23. The first kappa shape index (κ1) is 10.4. The van der Waals surface area contributed by atoms with Crippen molar-refractivity contribution in [2.75, 3.05) is 6.54 Å². The summed E-state index contributed by atoms with van der Waals surface area (Å²) in [5.41, 5.74) is 5.84. The summed E-state index contributed by atoms with van der Waals surface area (Å²) in [5.74, 6) is 0.835. The summed E-state index contributed by atoms with van der Waals surface area (Å²) < 4.78 is 0.440. The van der Waals surface area contributed by atoms with Gasteiger partial charge in [-0.3, -0.25) is 0 Å². The van der Waals surface area contributed by atoms with E-state index >= 15 is 0 Å². The molecule has 1 saturated carbocycles. The number of thioether (sulfide) groups is 1. The molecule has 3 unspecified atom stereocenters. The summed E-state index contributed by atoms with van der Waals surface area (Å²) in [6, 6.07) is 0. The number of nitrogens with two attached hydrogens (primary N) is 1. The van der Waals surface area contributed by atoms with Crippen LogP contribution in [0.15, 0.2) is 0 Å². The van der Waals surface area contributed by atoms with Crippen LogP contribution < -0.4 is 5.73 Å². The van der Waals surface area contributed by atoms with Gasteiger partial charge in [0.2, 0.25) is 0 Å². The molecule has 0 aliphatic heterocycles. The summed E-state index contributed by atoms with van der Waals surface area (Å²) >= 11 is 2.12. The van der Waals surface area contributed by atoms with Gasteiger partial charge in [0, 0.05) is 16.5 Å². The predicted molar refractivity (Wildman–Crippen MR) is 57.5 cm³/mol. The first-order valence-corrected chi connectivity index (χ1v) is 5.90. The second-order valence-corrected chi connectivity index (χ2v) is 5.90. The number of hydrogen-bond acceptors (Lipinski definition) is 2. The molecule has 1 rings (SSSR count). The summed E-state index contributed by atoms with van der Waals surface area (Å²) in [6.07, 6.45) is 3.97. The number of hydrogen-bond donors (Lipinski definition) is 1. The lowest BCUT2D eigenvalue weighted by atomic mass is 9.74. The van der Waals surface area contributed by atoms with Crippen molar-refractivity contribution >= 4 is 11.8 Å². The fraction of sp³-hybridized carbons (Fsp3) is 1.00. The Morgan fingerprint density at radius 3 is 2.58 bits per heavy atom. The molecular formula is C10H21NS. The van der Waals surface area contributed by atoms with Gasteiger partial charge in [-0.05, 0) is 25.2 Å². The maximum Gasteiger partial charge on any atom is 0.0310 e. The molecule has 0 aromatic carbocycles. The van der Waals surface area contributed by atoms with Crippen molar-refractivity contribution in [1.82, 2.24) is 0 Å². The van der Waals surface area contributed by atoms with Gasteiger partial charge >= 0.3 is 0 Å². The standard InChI is InChI=1S/C10H21NS/c1-4-9(3)12-10(7-11)6-5-8(10)2/h8-9H,4-7,11H2,1-3H3. The van der Waals surface area contributed by atoms with Gasteiger partial charge in [0.25, 0.3) is 0 Å². The molecule has 1 aliphatic rings. The van der Waals surface area contributed by atoms with E-state index < -0.39 is 0 Å². The third-order valence-electron chi connectivity index (χ3n) is 3.25. The van der Waals surface area contributed by atoms with E-state index in [4.69, 9.17) is 5.73 Å². The van der Waals surface area contributed by atoms with Crippen molar-refractivity contribution in [3.05, 3.63) is 0 Å². The maximum atomic E-state index is 5.84. The molecule has 1 aliphatic carbocycles. The van der Waals surface area contributed by atoms with E-state index in [9.17, 15) is 0 Å². The summed E-state index contributed by atoms with van der Waals surface area (Å²) in [6.45, 7) is 7.77. The minimum atomic E-state index is 0.440. The molecule has 0 aromatic heterocycles. The molecule has 0 amide bonds. The van der Waals surface area contributed by atoms with Gasteiger partial charge < -0.3 is 5.73 Å². The second-order valence-electron chi connectivity index (χ2n) is 4.05. The zero-order chi connectivity index (χ0) is 9.19. The zero-order valence-electron chi connectivity index (χ0n) is 8.47. The molecule has 0 spiro atoms. The van der Waals surface area contributed by atoms with Crippen LogP contribution >= 0.6 is 11.8 Å². The molecular weight excluding hydrogens is 166 g/mol. The fourth-order valence-electron chi connectivity index (χ4n) is 1.77. The SMILES string of the molecule is CCC(C)SC1(CN)CCC1C. The van der Waals surface area contributed by atoms with Gasteiger partial charge in [0.1, 0.15) is 0 Å². The highest BCUT2D eigenvalue weighted by molar-refractivity contribution is 8.01. The molecule has 1 fully saturated rings. The Morgan fingerprint density at radius 1 is 1.67 bits per heavy atom. The minimum Gasteiger partial charge on any atom is -0.329 e. The molecule has 72 valence electrons. The van der Waals surface area contributed by atoms with Crippen LogP contribution in [0.3, 0.4) is 0 Å². The number of rotatable bonds is 4. The van der Waals surface area contributed by atoms with E-state index in [-0.39, 0.29) is 0 Å². The van der Waals surface area contributed by atoms with E-state index in [0.717, 1.165) is 17.7 Å². The molecule has 0 bridgehead atoms. The Balaban J connectivity index is 2.45. The average molecular weight is 187 g/mol. The topological polar surface area (TPSA) is 26.0 Å². The first-order valence-electron chi connectivity index (χ1n) is 5.02. The van der Waals surface area contributed by atoms with Crippen LogP contribution in [-0.2, 0) is 0 Å². The van der Waals surface area contributed by atoms with Crippen LogP contribution in [-0.4, -0.2) is 16.5 Å². The molecule has 2 heteroatoms. The molecule has 0 heterocycles. The van der Waals surface area contributed by atoms with Gasteiger partial charge in [-0.2, -0.15) is 11.8 Å². The smallest absolute Gasteiger partial charge is 0.0310 e. The lowest BCUT2D eigenvalue weighted by Crippen LogP contribution is -2.49. The Hall–Kier alpha value is 0.310. The highest BCUT2D eigenvalue weighted by Gasteiger charge is 2.43. The van der Waals surface area contributed by atoms with Gasteiger partial charge in [-0.15, -0.1) is 0 Å².